The molecule has 0 saturated heterocycles. The van der Waals surface area contributed by atoms with Crippen molar-refractivity contribution in [3.05, 3.63) is 62.5 Å². The third kappa shape index (κ3) is 3.59. The number of pyridine rings is 1. The maximum absolute atomic E-state index is 12.8. The van der Waals surface area contributed by atoms with Gasteiger partial charge in [0.2, 0.25) is 6.43 Å². The average molecular weight is 408 g/mol. The van der Waals surface area contributed by atoms with Gasteiger partial charge >= 0.3 is 0 Å². The van der Waals surface area contributed by atoms with E-state index in [0.717, 1.165) is 11.4 Å². The molecular formula is C17H16ClF2N7O. The molecule has 0 atom stereocenters. The molecule has 1 N–H and O–H groups in total. The van der Waals surface area contributed by atoms with E-state index in [2.05, 4.69) is 25.5 Å². The second-order valence-corrected chi connectivity index (χ2v) is 6.79. The van der Waals surface area contributed by atoms with Crippen LogP contribution in [0.5, 0.6) is 0 Å². The molecule has 1 aliphatic heterocycles. The molecule has 1 aliphatic rings. The maximum atomic E-state index is 12.8. The van der Waals surface area contributed by atoms with Gasteiger partial charge in [0, 0.05) is 19.2 Å². The molecule has 8 nitrogen and oxygen atoms in total. The van der Waals surface area contributed by atoms with E-state index >= 15 is 0 Å². The van der Waals surface area contributed by atoms with Crippen molar-refractivity contribution in [1.29, 1.82) is 0 Å². The fraction of sp³-hybridized carbons (Fsp3) is 0.353. The Kier molecular flexibility index (Phi) is 5.03. The highest BCUT2D eigenvalue weighted by atomic mass is 35.5. The topological polar surface area (TPSA) is 92.6 Å². The first-order chi connectivity index (χ1) is 13.5. The summed E-state index contributed by atoms with van der Waals surface area (Å²) < 4.78 is 27.3. The van der Waals surface area contributed by atoms with Crippen LogP contribution in [0.2, 0.25) is 5.02 Å². The summed E-state index contributed by atoms with van der Waals surface area (Å²) in [5.74, 6) is 0. The van der Waals surface area contributed by atoms with Crippen molar-refractivity contribution >= 4 is 17.3 Å². The van der Waals surface area contributed by atoms with Crippen LogP contribution >= 0.6 is 11.6 Å². The van der Waals surface area contributed by atoms with E-state index in [4.69, 9.17) is 11.6 Å². The lowest BCUT2D eigenvalue weighted by molar-refractivity contribution is 0.147. The minimum Gasteiger partial charge on any atom is -0.362 e. The van der Waals surface area contributed by atoms with Gasteiger partial charge < -0.3 is 4.90 Å². The number of nitrogens with one attached hydrogen (secondary N) is 1. The molecule has 0 radical (unpaired) electrons. The summed E-state index contributed by atoms with van der Waals surface area (Å²) >= 11 is 6.09. The Morgan fingerprint density at radius 3 is 3.04 bits per heavy atom. The lowest BCUT2D eigenvalue weighted by Crippen LogP contribution is -2.32. The van der Waals surface area contributed by atoms with Crippen LogP contribution in [0.25, 0.3) is 0 Å². The molecule has 4 heterocycles. The second kappa shape index (κ2) is 7.63. The predicted molar refractivity (Wildman–Crippen MR) is 97.7 cm³/mol. The van der Waals surface area contributed by atoms with Gasteiger partial charge in [-0.25, -0.2) is 18.6 Å². The van der Waals surface area contributed by atoms with E-state index in [9.17, 15) is 13.6 Å². The van der Waals surface area contributed by atoms with Gasteiger partial charge in [0.1, 0.15) is 10.7 Å². The third-order valence-corrected chi connectivity index (χ3v) is 5.01. The van der Waals surface area contributed by atoms with Crippen LogP contribution < -0.4 is 10.5 Å². The Morgan fingerprint density at radius 2 is 2.21 bits per heavy atom. The molecule has 146 valence electrons. The Hall–Kier alpha value is -2.88. The van der Waals surface area contributed by atoms with Crippen LogP contribution in [-0.2, 0) is 25.9 Å². The minimum absolute atomic E-state index is 0.0813. The number of aromatic nitrogens is 6. The molecule has 3 aromatic heterocycles. The molecule has 0 aliphatic carbocycles. The monoisotopic (exact) mass is 407 g/mol. The van der Waals surface area contributed by atoms with Gasteiger partial charge in [-0.3, -0.25) is 9.78 Å². The molecular weight excluding hydrogens is 392 g/mol. The third-order valence-electron chi connectivity index (χ3n) is 4.65. The van der Waals surface area contributed by atoms with E-state index in [-0.39, 0.29) is 5.02 Å². The molecule has 11 heteroatoms. The lowest BCUT2D eigenvalue weighted by atomic mass is 10.1. The van der Waals surface area contributed by atoms with Gasteiger partial charge in [0.25, 0.3) is 5.56 Å². The number of aromatic amines is 1. The van der Waals surface area contributed by atoms with Gasteiger partial charge in [0.05, 0.1) is 42.8 Å². The fourth-order valence-electron chi connectivity index (χ4n) is 3.30. The molecule has 3 aromatic rings. The van der Waals surface area contributed by atoms with E-state index < -0.39 is 18.4 Å². The van der Waals surface area contributed by atoms with Crippen molar-refractivity contribution in [2.75, 3.05) is 11.4 Å². The van der Waals surface area contributed by atoms with Gasteiger partial charge in [-0.05, 0) is 11.6 Å². The number of fused-ring (bicyclic) bond motifs is 1. The largest absolute Gasteiger partial charge is 0.362 e. The first-order valence-electron chi connectivity index (χ1n) is 8.63. The first kappa shape index (κ1) is 18.5. The van der Waals surface area contributed by atoms with Crippen molar-refractivity contribution in [2.24, 2.45) is 0 Å². The SMILES string of the molecule is O=c1[nH]ncc(N2CCc3c(nnn3Cc3cccnc3CC(F)F)C2)c1Cl. The normalized spacial score (nSPS) is 13.8. The second-order valence-electron chi connectivity index (χ2n) is 6.41. The molecule has 0 aromatic carbocycles. The van der Waals surface area contributed by atoms with Gasteiger partial charge in [-0.15, -0.1) is 5.10 Å². The summed E-state index contributed by atoms with van der Waals surface area (Å²) in [6.07, 6.45) is 0.782. The number of hydrogen-bond donors (Lipinski definition) is 1. The molecule has 0 fully saturated rings. The summed E-state index contributed by atoms with van der Waals surface area (Å²) in [4.78, 5) is 17.7. The lowest BCUT2D eigenvalue weighted by Gasteiger charge is -2.28. The molecule has 0 saturated carbocycles. The van der Waals surface area contributed by atoms with E-state index in [0.29, 0.717) is 43.0 Å². The number of rotatable bonds is 5. The van der Waals surface area contributed by atoms with Gasteiger partial charge in [0.15, 0.2) is 0 Å². The summed E-state index contributed by atoms with van der Waals surface area (Å²) in [5.41, 5.74) is 2.83. The highest BCUT2D eigenvalue weighted by Gasteiger charge is 2.25. The molecule has 4 rings (SSSR count). The summed E-state index contributed by atoms with van der Waals surface area (Å²) in [7, 11) is 0. The van der Waals surface area contributed by atoms with E-state index in [1.807, 2.05) is 4.90 Å². The number of H-pyrrole nitrogens is 1. The predicted octanol–water partition coefficient (Wildman–Crippen LogP) is 1.83. The van der Waals surface area contributed by atoms with Crippen LogP contribution in [-0.4, -0.2) is 43.1 Å². The minimum atomic E-state index is -2.46. The Labute approximate surface area is 163 Å². The average Bonchev–Trinajstić information content (AvgIpc) is 3.07. The van der Waals surface area contributed by atoms with Crippen molar-refractivity contribution in [3.63, 3.8) is 0 Å². The molecule has 0 bridgehead atoms. The number of alkyl halides is 2. The van der Waals surface area contributed by atoms with Crippen molar-refractivity contribution in [2.45, 2.75) is 32.4 Å². The number of nitrogens with zero attached hydrogens (tertiary/aromatic N) is 6. The fourth-order valence-corrected chi connectivity index (χ4v) is 3.51. The number of halogens is 3. The Bertz CT molecular complexity index is 1050. The first-order valence-corrected chi connectivity index (χ1v) is 9.01. The summed E-state index contributed by atoms with van der Waals surface area (Å²) in [6.45, 7) is 1.35. The number of hydrogen-bond acceptors (Lipinski definition) is 6. The van der Waals surface area contributed by atoms with Crippen LogP contribution in [0.1, 0.15) is 22.6 Å². The smallest absolute Gasteiger partial charge is 0.285 e. The summed E-state index contributed by atoms with van der Waals surface area (Å²) in [5, 5.41) is 14.6. The molecule has 0 amide bonds. The molecule has 28 heavy (non-hydrogen) atoms. The van der Waals surface area contributed by atoms with Gasteiger partial charge in [-0.1, -0.05) is 22.9 Å². The standard InChI is InChI=1S/C17H16ClF2N7O/c18-16-14(7-22-24-17(16)28)26-5-3-13-12(9-26)23-25-27(13)8-10-2-1-4-21-11(10)6-15(19)20/h1-2,4,7,15H,3,5-6,8-9H2,(H,24,28). The highest BCUT2D eigenvalue weighted by Crippen LogP contribution is 2.27. The summed E-state index contributed by atoms with van der Waals surface area (Å²) in [6, 6.07) is 3.49. The molecule has 0 unspecified atom stereocenters. The molecule has 0 spiro atoms. The van der Waals surface area contributed by atoms with Crippen molar-refractivity contribution in [3.8, 4) is 0 Å². The maximum Gasteiger partial charge on any atom is 0.285 e. The van der Waals surface area contributed by atoms with Gasteiger partial charge in [-0.2, -0.15) is 5.10 Å². The Morgan fingerprint density at radius 1 is 1.36 bits per heavy atom. The Balaban J connectivity index is 1.57. The van der Waals surface area contributed by atoms with Crippen molar-refractivity contribution < 1.29 is 8.78 Å². The number of anilines is 1. The zero-order chi connectivity index (χ0) is 19.7. The van der Waals surface area contributed by atoms with Crippen LogP contribution in [0.15, 0.2) is 29.3 Å². The van der Waals surface area contributed by atoms with Crippen molar-refractivity contribution in [1.82, 2.24) is 30.2 Å². The zero-order valence-corrected chi connectivity index (χ0v) is 15.4. The van der Waals surface area contributed by atoms with Crippen LogP contribution in [0.4, 0.5) is 14.5 Å². The highest BCUT2D eigenvalue weighted by molar-refractivity contribution is 6.32. The quantitative estimate of drug-likeness (QED) is 0.693. The van der Waals surface area contributed by atoms with Crippen LogP contribution in [0.3, 0.4) is 0 Å². The van der Waals surface area contributed by atoms with E-state index in [1.165, 1.54) is 12.4 Å². The van der Waals surface area contributed by atoms with Crippen LogP contribution in [0, 0.1) is 0 Å². The van der Waals surface area contributed by atoms with E-state index in [1.54, 1.807) is 16.8 Å². The zero-order valence-electron chi connectivity index (χ0n) is 14.6.